The molecule has 0 unspecified atom stereocenters. The normalized spacial score (nSPS) is 19.7. The molecule has 3 rings (SSSR count). The minimum atomic E-state index is -1.20. The summed E-state index contributed by atoms with van der Waals surface area (Å²) in [6.45, 7) is 0.0529. The van der Waals surface area contributed by atoms with Crippen molar-refractivity contribution in [3.05, 3.63) is 48.1 Å². The zero-order valence-electron chi connectivity index (χ0n) is 11.8. The Hall–Kier alpha value is -2.90. The predicted molar refractivity (Wildman–Crippen MR) is 77.0 cm³/mol. The van der Waals surface area contributed by atoms with Crippen LogP contribution >= 0.6 is 0 Å². The van der Waals surface area contributed by atoms with E-state index in [1.807, 2.05) is 0 Å². The van der Waals surface area contributed by atoms with Gasteiger partial charge in [0.15, 0.2) is 23.2 Å². The molecule has 0 aromatic heterocycles. The van der Waals surface area contributed by atoms with Crippen LogP contribution in [0.3, 0.4) is 0 Å². The Labute approximate surface area is 129 Å². The molecule has 1 N–H and O–H groups in total. The second kappa shape index (κ2) is 5.71. The highest BCUT2D eigenvalue weighted by Gasteiger charge is 2.32. The number of carbonyl (C=O) groups is 2. The number of hydrogen-bond acceptors (Lipinski definition) is 5. The van der Waals surface area contributed by atoms with Gasteiger partial charge in [0.1, 0.15) is 6.26 Å². The molecule has 0 spiro atoms. The number of ether oxygens (including phenoxy) is 1. The van der Waals surface area contributed by atoms with E-state index in [1.54, 1.807) is 0 Å². The molecule has 0 atom stereocenters. The first kappa shape index (κ1) is 15.0. The van der Waals surface area contributed by atoms with E-state index in [9.17, 15) is 18.4 Å². The van der Waals surface area contributed by atoms with Gasteiger partial charge in [0, 0.05) is 19.2 Å². The van der Waals surface area contributed by atoms with Crippen molar-refractivity contribution in [1.82, 2.24) is 0 Å². The first-order chi connectivity index (χ1) is 11.0. The number of aliphatic hydroxyl groups is 1. The predicted octanol–water partition coefficient (Wildman–Crippen LogP) is 2.61. The molecular formula is C15H12F2N2O4. The summed E-state index contributed by atoms with van der Waals surface area (Å²) in [6.07, 6.45) is 2.59. The Morgan fingerprint density at radius 2 is 1.87 bits per heavy atom. The molecule has 0 radical (unpaired) electrons. The summed E-state index contributed by atoms with van der Waals surface area (Å²) >= 11 is 0. The van der Waals surface area contributed by atoms with Crippen LogP contribution in [-0.2, 0) is 9.53 Å². The zero-order valence-corrected chi connectivity index (χ0v) is 11.8. The van der Waals surface area contributed by atoms with Gasteiger partial charge in [0.05, 0.1) is 17.9 Å². The molecule has 0 bridgehead atoms. The lowest BCUT2D eigenvalue weighted by molar-refractivity contribution is -0.114. The fourth-order valence-electron chi connectivity index (χ4n) is 2.39. The largest absolute Gasteiger partial charge is 0.512 e. The fraction of sp³-hybridized carbons (Fsp3) is 0.200. The molecule has 2 heterocycles. The van der Waals surface area contributed by atoms with E-state index in [0.717, 1.165) is 4.90 Å². The van der Waals surface area contributed by atoms with E-state index in [0.29, 0.717) is 6.26 Å². The first-order valence-electron chi connectivity index (χ1n) is 6.79. The van der Waals surface area contributed by atoms with Gasteiger partial charge in [-0.25, -0.2) is 13.6 Å². The van der Waals surface area contributed by atoms with E-state index in [4.69, 9.17) is 5.11 Å². The number of hydrogen-bond donors (Lipinski definition) is 1. The van der Waals surface area contributed by atoms with Crippen molar-refractivity contribution < 1.29 is 28.2 Å². The first-order valence-corrected chi connectivity index (χ1v) is 6.79. The third-order valence-corrected chi connectivity index (χ3v) is 3.58. The second-order valence-corrected chi connectivity index (χ2v) is 5.01. The highest BCUT2D eigenvalue weighted by atomic mass is 19.2. The van der Waals surface area contributed by atoms with Crippen LogP contribution in [-0.4, -0.2) is 30.1 Å². The van der Waals surface area contributed by atoms with Crippen LogP contribution in [0.25, 0.3) is 0 Å². The number of anilines is 2. The number of aliphatic hydroxyl groups excluding tert-OH is 1. The van der Waals surface area contributed by atoms with Crippen LogP contribution in [0.1, 0.15) is 6.42 Å². The van der Waals surface area contributed by atoms with Crippen LogP contribution < -0.4 is 9.80 Å². The molecule has 1 fully saturated rings. The topological polar surface area (TPSA) is 70.1 Å². The Bertz CT molecular complexity index is 745. The molecule has 1 aromatic carbocycles. The van der Waals surface area contributed by atoms with E-state index < -0.39 is 17.7 Å². The maximum Gasteiger partial charge on any atom is 0.420 e. The highest BCUT2D eigenvalue weighted by molar-refractivity contribution is 5.93. The van der Waals surface area contributed by atoms with E-state index in [1.165, 1.54) is 29.3 Å². The second-order valence-electron chi connectivity index (χ2n) is 5.01. The summed E-state index contributed by atoms with van der Waals surface area (Å²) < 4.78 is 33.3. The third-order valence-electron chi connectivity index (χ3n) is 3.58. The summed E-state index contributed by atoms with van der Waals surface area (Å²) in [4.78, 5) is 25.1. The van der Waals surface area contributed by atoms with Gasteiger partial charge in [-0.1, -0.05) is 0 Å². The van der Waals surface area contributed by atoms with Crippen LogP contribution in [0.15, 0.2) is 36.4 Å². The average molecular weight is 322 g/mol. The van der Waals surface area contributed by atoms with Crippen molar-refractivity contribution in [2.45, 2.75) is 6.42 Å². The number of rotatable bonds is 2. The van der Waals surface area contributed by atoms with Gasteiger partial charge in [-0.2, -0.15) is 0 Å². The number of benzene rings is 1. The molecule has 1 amide bonds. The van der Waals surface area contributed by atoms with Gasteiger partial charge in [-0.3, -0.25) is 9.69 Å². The third kappa shape index (κ3) is 2.63. The Morgan fingerprint density at radius 3 is 2.48 bits per heavy atom. The molecule has 8 heteroatoms. The number of ketones is 1. The van der Waals surface area contributed by atoms with Crippen molar-refractivity contribution in [3.8, 4) is 0 Å². The quantitative estimate of drug-likeness (QED) is 0.848. The van der Waals surface area contributed by atoms with Crippen LogP contribution in [0.2, 0.25) is 0 Å². The minimum Gasteiger partial charge on any atom is -0.512 e. The smallest absolute Gasteiger partial charge is 0.420 e. The minimum absolute atomic E-state index is 0.0273. The Morgan fingerprint density at radius 1 is 1.17 bits per heavy atom. The zero-order chi connectivity index (χ0) is 16.6. The number of allylic oxidation sites excluding steroid dienone is 1. The monoisotopic (exact) mass is 322 g/mol. The molecule has 1 aromatic rings. The van der Waals surface area contributed by atoms with Crippen molar-refractivity contribution in [3.63, 3.8) is 0 Å². The Balaban J connectivity index is 1.94. The van der Waals surface area contributed by atoms with Gasteiger partial charge in [-0.05, 0) is 18.2 Å². The molecule has 2 aliphatic heterocycles. The average Bonchev–Trinajstić information content (AvgIpc) is 2.92. The van der Waals surface area contributed by atoms with E-state index >= 15 is 0 Å². The standard InChI is InChI=1S/C15H12F2N2O4/c16-13-11(18-5-3-9(21)4-6-18)1-2-12(14(13)17)19-7-10(8-20)23-15(19)22/h1-3,5,8,20H,4,6-7H2/b10-8-. The van der Waals surface area contributed by atoms with Gasteiger partial charge in [0.2, 0.25) is 0 Å². The van der Waals surface area contributed by atoms with Crippen molar-refractivity contribution in [2.75, 3.05) is 22.9 Å². The van der Waals surface area contributed by atoms with Gasteiger partial charge < -0.3 is 14.7 Å². The van der Waals surface area contributed by atoms with Crippen LogP contribution in [0.5, 0.6) is 0 Å². The summed E-state index contributed by atoms with van der Waals surface area (Å²) in [7, 11) is 0. The number of nitrogens with zero attached hydrogens (tertiary/aromatic N) is 2. The van der Waals surface area contributed by atoms with Crippen molar-refractivity contribution in [2.24, 2.45) is 0 Å². The van der Waals surface area contributed by atoms with Crippen molar-refractivity contribution in [1.29, 1.82) is 0 Å². The molecule has 120 valence electrons. The van der Waals surface area contributed by atoms with Crippen LogP contribution in [0, 0.1) is 11.6 Å². The van der Waals surface area contributed by atoms with Gasteiger partial charge >= 0.3 is 6.09 Å². The lowest BCUT2D eigenvalue weighted by atomic mass is 10.1. The number of cyclic esters (lactones) is 1. The summed E-state index contributed by atoms with van der Waals surface area (Å²) in [5.74, 6) is -2.47. The molecule has 0 aliphatic carbocycles. The maximum atomic E-state index is 14.3. The number of amides is 1. The molecular weight excluding hydrogens is 310 g/mol. The van der Waals surface area contributed by atoms with E-state index in [2.05, 4.69) is 4.74 Å². The fourth-order valence-corrected chi connectivity index (χ4v) is 2.39. The number of halogens is 2. The summed E-state index contributed by atoms with van der Waals surface area (Å²) in [6, 6.07) is 2.57. The lowest BCUT2D eigenvalue weighted by Gasteiger charge is -2.24. The van der Waals surface area contributed by atoms with Gasteiger partial charge in [0.25, 0.3) is 0 Å². The van der Waals surface area contributed by atoms with Crippen molar-refractivity contribution >= 4 is 23.3 Å². The number of carbonyl (C=O) groups excluding carboxylic acids is 2. The molecule has 0 saturated carbocycles. The molecule has 23 heavy (non-hydrogen) atoms. The molecule has 2 aliphatic rings. The lowest BCUT2D eigenvalue weighted by Crippen LogP contribution is -2.27. The molecule has 6 nitrogen and oxygen atoms in total. The van der Waals surface area contributed by atoms with Gasteiger partial charge in [-0.15, -0.1) is 0 Å². The maximum absolute atomic E-state index is 14.3. The Kier molecular flexibility index (Phi) is 3.73. The van der Waals surface area contributed by atoms with Crippen LogP contribution in [0.4, 0.5) is 25.0 Å². The SMILES string of the molecule is O=C1C=CN(c2ccc(N3C/C(=C/O)OC3=O)c(F)c2F)CC1. The summed E-state index contributed by atoms with van der Waals surface area (Å²) in [5, 5.41) is 8.83. The highest BCUT2D eigenvalue weighted by Crippen LogP contribution is 2.32. The molecule has 1 saturated heterocycles. The van der Waals surface area contributed by atoms with E-state index in [-0.39, 0.29) is 42.4 Å². The summed E-state index contributed by atoms with van der Waals surface area (Å²) in [5.41, 5.74) is -0.314.